The molecule has 0 spiro atoms. The Morgan fingerprint density at radius 1 is 0.783 bits per heavy atom. The van der Waals surface area contributed by atoms with Crippen LogP contribution >= 0.6 is 0 Å². The zero-order chi connectivity index (χ0) is 60.4. The van der Waals surface area contributed by atoms with E-state index >= 15 is 9.59 Å². The van der Waals surface area contributed by atoms with Crippen LogP contribution in [0.3, 0.4) is 0 Å². The third-order valence-electron chi connectivity index (χ3n) is 17.8. The van der Waals surface area contributed by atoms with Gasteiger partial charge in [-0.3, -0.25) is 19.2 Å². The highest BCUT2D eigenvalue weighted by Crippen LogP contribution is 2.64. The Bertz CT molecular complexity index is 3210. The van der Waals surface area contributed by atoms with Crippen molar-refractivity contribution in [3.8, 4) is 0 Å². The fraction of sp³-hybridized carbons (Fsp3) is 0.448. The number of esters is 5. The number of ketones is 1. The lowest BCUT2D eigenvalue weighted by molar-refractivity contribution is -0.346. The lowest BCUT2D eigenvalue weighted by Gasteiger charge is -2.67. The van der Waals surface area contributed by atoms with Gasteiger partial charge in [-0.1, -0.05) is 136 Å². The summed E-state index contributed by atoms with van der Waals surface area (Å²) in [6, 6.07) is 23.0. The SMILES string of the molecule is CC(=O)O[C@H]1C(=O)[C@@]2(C)[C@H]([C@H](OC(=O)c3ccccc3)[C@]3(O)C[C@H](OC(=O)[C@H](OC(=O)/C=C(C)/C=C/C=C(C)/C=C/C4=C(C)CCCC4(C)C)[C@@H](NC(=O)c4ccccc4)c4ccccc4)C(C)=C1C3(C)C)[C@]1(OC(C)=O)CO[C@@H]1C[C@@H]2O. The Morgan fingerprint density at radius 3 is 2.00 bits per heavy atom. The second kappa shape index (κ2) is 24.4. The molecular formula is C67H77NO15. The van der Waals surface area contributed by atoms with Crippen molar-refractivity contribution in [3.63, 3.8) is 0 Å². The van der Waals surface area contributed by atoms with Gasteiger partial charge in [0.2, 0.25) is 6.10 Å². The Morgan fingerprint density at radius 2 is 1.41 bits per heavy atom. The van der Waals surface area contributed by atoms with Crippen LogP contribution in [0.5, 0.6) is 0 Å². The van der Waals surface area contributed by atoms with Gasteiger partial charge in [-0.2, -0.15) is 0 Å². The van der Waals surface area contributed by atoms with Gasteiger partial charge in [0.15, 0.2) is 17.5 Å². The van der Waals surface area contributed by atoms with Crippen molar-refractivity contribution in [2.24, 2.45) is 22.2 Å². The number of nitrogens with one attached hydrogen (secondary N) is 1. The Hall–Kier alpha value is -7.53. The summed E-state index contributed by atoms with van der Waals surface area (Å²) in [5, 5.41) is 29.3. The molecule has 1 saturated heterocycles. The van der Waals surface area contributed by atoms with Crippen molar-refractivity contribution >= 4 is 41.5 Å². The van der Waals surface area contributed by atoms with E-state index in [0.717, 1.165) is 38.7 Å². The average Bonchev–Trinajstić information content (AvgIpc) is 0.814. The lowest BCUT2D eigenvalue weighted by Crippen LogP contribution is -2.82. The maximum atomic E-state index is 15.9. The maximum Gasteiger partial charge on any atom is 0.350 e. The minimum absolute atomic E-state index is 0.0360. The first-order chi connectivity index (χ1) is 39.2. The van der Waals surface area contributed by atoms with E-state index in [9.17, 15) is 34.2 Å². The summed E-state index contributed by atoms with van der Waals surface area (Å²) in [4.78, 5) is 101. The quantitative estimate of drug-likeness (QED) is 0.0399. The summed E-state index contributed by atoms with van der Waals surface area (Å²) in [6.07, 6.45) is 3.32. The van der Waals surface area contributed by atoms with Crippen LogP contribution in [-0.2, 0) is 52.4 Å². The number of amides is 1. The molecule has 3 N–H and O–H groups in total. The van der Waals surface area contributed by atoms with Crippen molar-refractivity contribution in [3.05, 3.63) is 178 Å². The molecule has 0 unspecified atom stereocenters. The third-order valence-corrected chi connectivity index (χ3v) is 17.8. The van der Waals surface area contributed by atoms with Crippen LogP contribution in [0.15, 0.2) is 161 Å². The molecule has 16 nitrogen and oxygen atoms in total. The van der Waals surface area contributed by atoms with E-state index in [1.165, 1.54) is 43.2 Å². The first-order valence-electron chi connectivity index (χ1n) is 28.3. The molecular weight excluding hydrogens is 1060 g/mol. The fourth-order valence-electron chi connectivity index (χ4n) is 13.3. The van der Waals surface area contributed by atoms with Crippen LogP contribution < -0.4 is 5.32 Å². The summed E-state index contributed by atoms with van der Waals surface area (Å²) in [5.74, 6) is -7.99. The Kier molecular flexibility index (Phi) is 18.1. The number of allylic oxidation sites excluding steroid dienone is 9. The van der Waals surface area contributed by atoms with E-state index in [1.54, 1.807) is 112 Å². The van der Waals surface area contributed by atoms with E-state index in [0.29, 0.717) is 11.1 Å². The van der Waals surface area contributed by atoms with Gasteiger partial charge in [-0.15, -0.1) is 0 Å². The first-order valence-corrected chi connectivity index (χ1v) is 28.3. The number of aliphatic hydroxyl groups is 2. The van der Waals surface area contributed by atoms with Gasteiger partial charge in [-0.05, 0) is 111 Å². The number of carbonyl (C=O) groups is 7. The molecule has 8 rings (SSSR count). The monoisotopic (exact) mass is 1140 g/mol. The number of hydrogen-bond acceptors (Lipinski definition) is 15. The van der Waals surface area contributed by atoms with E-state index in [4.69, 9.17) is 28.4 Å². The molecule has 0 radical (unpaired) electrons. The molecule has 3 fully saturated rings. The van der Waals surface area contributed by atoms with Crippen molar-refractivity contribution in [2.45, 2.75) is 162 Å². The zero-order valence-electron chi connectivity index (χ0n) is 49.2. The highest BCUT2D eigenvalue weighted by atomic mass is 16.6. The predicted octanol–water partition coefficient (Wildman–Crippen LogP) is 9.82. The normalized spacial score (nSPS) is 29.2. The first kappa shape index (κ1) is 61.5. The molecule has 1 amide bonds. The van der Waals surface area contributed by atoms with E-state index < -0.39 is 119 Å². The summed E-state index contributed by atoms with van der Waals surface area (Å²) >= 11 is 0. The molecule has 2 saturated carbocycles. The van der Waals surface area contributed by atoms with Crippen LogP contribution in [0.2, 0.25) is 0 Å². The molecule has 1 heterocycles. The number of benzene rings is 3. The number of hydrogen-bond donors (Lipinski definition) is 3. The summed E-state index contributed by atoms with van der Waals surface area (Å²) in [5.41, 5.74) is -3.25. The van der Waals surface area contributed by atoms with Gasteiger partial charge < -0.3 is 44.0 Å². The van der Waals surface area contributed by atoms with Gasteiger partial charge in [0.05, 0.1) is 29.6 Å². The van der Waals surface area contributed by atoms with Gasteiger partial charge >= 0.3 is 29.8 Å². The molecule has 11 atom stereocenters. The van der Waals surface area contributed by atoms with Crippen molar-refractivity contribution in [2.75, 3.05) is 6.61 Å². The minimum Gasteiger partial charge on any atom is -0.455 e. The van der Waals surface area contributed by atoms with Crippen LogP contribution in [0.1, 0.15) is 141 Å². The number of Topliss-reactive ketones (excluding diaryl/α,β-unsaturated/α-hetero) is 1. The number of carbonyl (C=O) groups excluding carboxylic acids is 7. The molecule has 16 heteroatoms. The van der Waals surface area contributed by atoms with Crippen LogP contribution in [-0.4, -0.2) is 106 Å². The highest BCUT2D eigenvalue weighted by molar-refractivity contribution is 5.97. The van der Waals surface area contributed by atoms with Crippen molar-refractivity contribution < 1.29 is 72.2 Å². The van der Waals surface area contributed by atoms with Gasteiger partial charge in [0, 0.05) is 43.7 Å². The molecule has 83 heavy (non-hydrogen) atoms. The summed E-state index contributed by atoms with van der Waals surface area (Å²) in [6.45, 7) is 18.3. The smallest absolute Gasteiger partial charge is 0.350 e. The Labute approximate surface area is 485 Å². The van der Waals surface area contributed by atoms with Crippen LogP contribution in [0, 0.1) is 22.2 Å². The Balaban J connectivity index is 1.24. The summed E-state index contributed by atoms with van der Waals surface area (Å²) in [7, 11) is 0. The van der Waals surface area contributed by atoms with Gasteiger partial charge in [0.1, 0.15) is 30.0 Å². The third kappa shape index (κ3) is 12.1. The standard InChI is InChI=1S/C67H77NO15/c1-39(32-33-48-41(3)25-22-34-63(48,7)8)23-21-24-40(2)35-52(72)81-56(54(45-26-15-12-16-27-45)68-60(74)46-28-17-13-18-29-46)62(76)80-49-37-67(77)59(82-61(75)47-30-19-14-20-31-47)57-65(11,50(71)36-51-66(57,38-78-51)83-44(6)70)58(73)55(79-43(5)69)53(42(49)4)64(67,9)10/h12-21,23-24,26-33,35,49-51,54-57,59,71,77H,22,25,34,36-38H2,1-11H3,(H,68,74)/b24-21+,33-32+,39-23+,40-35+/t49-,50-,51+,54-,55+,56+,57-,59-,65+,66-,67+/m0/s1. The van der Waals surface area contributed by atoms with Crippen LogP contribution in [0.25, 0.3) is 0 Å². The van der Waals surface area contributed by atoms with Crippen molar-refractivity contribution in [1.29, 1.82) is 0 Å². The molecule has 4 aliphatic carbocycles. The van der Waals surface area contributed by atoms with E-state index in [-0.39, 0.29) is 40.7 Å². The van der Waals surface area contributed by atoms with Gasteiger partial charge in [-0.25, -0.2) is 14.4 Å². The summed E-state index contributed by atoms with van der Waals surface area (Å²) < 4.78 is 37.3. The molecule has 3 aromatic rings. The molecule has 1 aliphatic heterocycles. The van der Waals surface area contributed by atoms with E-state index in [1.807, 2.05) is 13.0 Å². The van der Waals surface area contributed by atoms with Crippen LogP contribution in [0.4, 0.5) is 0 Å². The molecule has 440 valence electrons. The number of fused-ring (bicyclic) bond motifs is 5. The maximum absolute atomic E-state index is 15.9. The largest absolute Gasteiger partial charge is 0.455 e. The fourth-order valence-corrected chi connectivity index (χ4v) is 13.3. The molecule has 3 aromatic carbocycles. The number of ether oxygens (including phenoxy) is 6. The second-order valence-electron chi connectivity index (χ2n) is 24.2. The minimum atomic E-state index is -2.48. The lowest BCUT2D eigenvalue weighted by atomic mass is 9.44. The molecule has 5 aliphatic rings. The molecule has 2 bridgehead atoms. The van der Waals surface area contributed by atoms with Crippen molar-refractivity contribution in [1.82, 2.24) is 5.32 Å². The zero-order valence-corrected chi connectivity index (χ0v) is 49.2. The number of aliphatic hydroxyl groups excluding tert-OH is 1. The highest BCUT2D eigenvalue weighted by Gasteiger charge is 2.78. The average molecular weight is 1140 g/mol. The van der Waals surface area contributed by atoms with Gasteiger partial charge in [0.25, 0.3) is 5.91 Å². The topological polar surface area (TPSA) is 227 Å². The number of rotatable bonds is 16. The predicted molar refractivity (Wildman–Crippen MR) is 308 cm³/mol. The second-order valence-corrected chi connectivity index (χ2v) is 24.2. The van der Waals surface area contributed by atoms with E-state index in [2.05, 4.69) is 38.2 Å². The molecule has 0 aromatic heterocycles.